The predicted octanol–water partition coefficient (Wildman–Crippen LogP) is 5.49. The number of aryl methyl sites for hydroxylation is 3. The number of fused-ring (bicyclic) bond motifs is 1. The number of aromatic nitrogens is 2. The summed E-state index contributed by atoms with van der Waals surface area (Å²) in [6.07, 6.45) is 1.77. The van der Waals surface area contributed by atoms with E-state index in [1.165, 1.54) is 11.1 Å². The molecule has 0 aliphatic heterocycles. The molecule has 4 rings (SSSR count). The largest absolute Gasteiger partial charge is 0.494 e. The van der Waals surface area contributed by atoms with Crippen LogP contribution >= 0.6 is 0 Å². The lowest BCUT2D eigenvalue weighted by Gasteiger charge is -2.09. The van der Waals surface area contributed by atoms with E-state index in [1.807, 2.05) is 37.3 Å². The monoisotopic (exact) mass is 413 g/mol. The fourth-order valence-corrected chi connectivity index (χ4v) is 3.75. The van der Waals surface area contributed by atoms with Crippen LogP contribution in [0.1, 0.15) is 35.6 Å². The van der Waals surface area contributed by atoms with Crippen LogP contribution in [0.15, 0.2) is 72.8 Å². The zero-order valence-corrected chi connectivity index (χ0v) is 18.0. The smallest absolute Gasteiger partial charge is 0.255 e. The first kappa shape index (κ1) is 20.7. The number of anilines is 1. The van der Waals surface area contributed by atoms with Crippen LogP contribution in [0.3, 0.4) is 0 Å². The molecule has 0 saturated carbocycles. The highest BCUT2D eigenvalue weighted by Crippen LogP contribution is 2.19. The van der Waals surface area contributed by atoms with E-state index in [1.54, 1.807) is 12.1 Å². The quantitative estimate of drug-likeness (QED) is 0.415. The molecule has 31 heavy (non-hydrogen) atoms. The number of carbonyl (C=O) groups is 1. The maximum atomic E-state index is 12.5. The van der Waals surface area contributed by atoms with Gasteiger partial charge in [0.2, 0.25) is 0 Å². The number of ether oxygens (including phenoxy) is 1. The molecule has 0 bridgehead atoms. The van der Waals surface area contributed by atoms with Gasteiger partial charge in [-0.2, -0.15) is 0 Å². The first-order valence-electron chi connectivity index (χ1n) is 10.7. The third-order valence-corrected chi connectivity index (χ3v) is 5.33. The maximum absolute atomic E-state index is 12.5. The summed E-state index contributed by atoms with van der Waals surface area (Å²) in [5, 5.41) is 2.95. The van der Waals surface area contributed by atoms with Crippen molar-refractivity contribution in [2.45, 2.75) is 33.2 Å². The van der Waals surface area contributed by atoms with Gasteiger partial charge in [0.1, 0.15) is 11.6 Å². The topological polar surface area (TPSA) is 56.1 Å². The molecular formula is C26H27N3O2. The van der Waals surface area contributed by atoms with Crippen LogP contribution in [0.25, 0.3) is 11.0 Å². The molecule has 5 nitrogen and oxygen atoms in total. The summed E-state index contributed by atoms with van der Waals surface area (Å²) in [7, 11) is 0. The summed E-state index contributed by atoms with van der Waals surface area (Å²) in [5.74, 6) is 1.74. The van der Waals surface area contributed by atoms with Crippen molar-refractivity contribution in [3.05, 3.63) is 89.7 Å². The zero-order chi connectivity index (χ0) is 21.6. The van der Waals surface area contributed by atoms with E-state index in [2.05, 4.69) is 47.1 Å². The average molecular weight is 414 g/mol. The molecule has 1 amide bonds. The SMILES string of the molecule is CCOc1ccc(C(=O)Nc2ccc(CCc3nc4ccccc4n3CC)cc2)cc1. The van der Waals surface area contributed by atoms with Crippen molar-refractivity contribution in [2.24, 2.45) is 0 Å². The van der Waals surface area contributed by atoms with Crippen LogP contribution in [0.5, 0.6) is 5.75 Å². The van der Waals surface area contributed by atoms with Crippen molar-refractivity contribution in [1.29, 1.82) is 0 Å². The Morgan fingerprint density at radius 2 is 1.68 bits per heavy atom. The highest BCUT2D eigenvalue weighted by Gasteiger charge is 2.10. The Labute approximate surface area is 182 Å². The molecule has 0 unspecified atom stereocenters. The molecule has 0 aliphatic rings. The van der Waals surface area contributed by atoms with Gasteiger partial charge in [-0.1, -0.05) is 24.3 Å². The number of nitrogens with one attached hydrogen (secondary N) is 1. The van der Waals surface area contributed by atoms with Crippen molar-refractivity contribution < 1.29 is 9.53 Å². The van der Waals surface area contributed by atoms with E-state index >= 15 is 0 Å². The van der Waals surface area contributed by atoms with Crippen molar-refractivity contribution in [1.82, 2.24) is 9.55 Å². The van der Waals surface area contributed by atoms with Crippen LogP contribution in [-0.4, -0.2) is 22.1 Å². The molecule has 0 fully saturated rings. The van der Waals surface area contributed by atoms with Crippen molar-refractivity contribution in [3.63, 3.8) is 0 Å². The summed E-state index contributed by atoms with van der Waals surface area (Å²) in [4.78, 5) is 17.3. The second kappa shape index (κ2) is 9.47. The van der Waals surface area contributed by atoms with Gasteiger partial charge in [-0.15, -0.1) is 0 Å². The van der Waals surface area contributed by atoms with Crippen molar-refractivity contribution >= 4 is 22.6 Å². The molecule has 5 heteroatoms. The van der Waals surface area contributed by atoms with Crippen LogP contribution < -0.4 is 10.1 Å². The number of para-hydroxylation sites is 2. The van der Waals surface area contributed by atoms with Gasteiger partial charge < -0.3 is 14.6 Å². The van der Waals surface area contributed by atoms with E-state index in [9.17, 15) is 4.79 Å². The summed E-state index contributed by atoms with van der Waals surface area (Å²) < 4.78 is 7.70. The third-order valence-electron chi connectivity index (χ3n) is 5.33. The summed E-state index contributed by atoms with van der Waals surface area (Å²) >= 11 is 0. The van der Waals surface area contributed by atoms with Gasteiger partial charge in [-0.05, 0) is 74.4 Å². The van der Waals surface area contributed by atoms with Gasteiger partial charge in [0.05, 0.1) is 17.6 Å². The molecule has 0 radical (unpaired) electrons. The van der Waals surface area contributed by atoms with E-state index in [-0.39, 0.29) is 5.91 Å². The minimum absolute atomic E-state index is 0.132. The molecule has 0 saturated heterocycles. The molecule has 3 aromatic carbocycles. The predicted molar refractivity (Wildman–Crippen MR) is 125 cm³/mol. The second-order valence-electron chi connectivity index (χ2n) is 7.37. The molecule has 1 heterocycles. The third kappa shape index (κ3) is 4.77. The van der Waals surface area contributed by atoms with Crippen LogP contribution in [0.2, 0.25) is 0 Å². The summed E-state index contributed by atoms with van der Waals surface area (Å²) in [6.45, 7) is 5.60. The second-order valence-corrected chi connectivity index (χ2v) is 7.37. The first-order chi connectivity index (χ1) is 15.2. The molecule has 1 aromatic heterocycles. The average Bonchev–Trinajstić information content (AvgIpc) is 3.17. The van der Waals surface area contributed by atoms with Crippen molar-refractivity contribution in [3.8, 4) is 5.75 Å². The number of imidazole rings is 1. The number of carbonyl (C=O) groups excluding carboxylic acids is 1. The standard InChI is InChI=1S/C26H27N3O2/c1-3-29-24-8-6-5-7-23(24)28-25(29)18-11-19-9-14-21(15-10-19)27-26(30)20-12-16-22(17-13-20)31-4-2/h5-10,12-17H,3-4,11,18H2,1-2H3,(H,27,30). The lowest BCUT2D eigenvalue weighted by atomic mass is 10.1. The highest BCUT2D eigenvalue weighted by molar-refractivity contribution is 6.04. The van der Waals surface area contributed by atoms with Gasteiger partial charge >= 0.3 is 0 Å². The van der Waals surface area contributed by atoms with Gasteiger partial charge in [-0.25, -0.2) is 4.98 Å². The molecule has 1 N–H and O–H groups in total. The number of hydrogen-bond donors (Lipinski definition) is 1. The minimum atomic E-state index is -0.132. The minimum Gasteiger partial charge on any atom is -0.494 e. The first-order valence-corrected chi connectivity index (χ1v) is 10.7. The van der Waals surface area contributed by atoms with Gasteiger partial charge in [0, 0.05) is 24.2 Å². The Morgan fingerprint density at radius 3 is 2.39 bits per heavy atom. The Kier molecular flexibility index (Phi) is 6.32. The van der Waals surface area contributed by atoms with Gasteiger partial charge in [0.15, 0.2) is 0 Å². The fourth-order valence-electron chi connectivity index (χ4n) is 3.75. The zero-order valence-electron chi connectivity index (χ0n) is 18.0. The van der Waals surface area contributed by atoms with Gasteiger partial charge in [0.25, 0.3) is 5.91 Å². The van der Waals surface area contributed by atoms with E-state index in [0.29, 0.717) is 12.2 Å². The van der Waals surface area contributed by atoms with Crippen LogP contribution in [0.4, 0.5) is 5.69 Å². The molecule has 158 valence electrons. The van der Waals surface area contributed by atoms with E-state index in [0.717, 1.165) is 42.2 Å². The normalized spacial score (nSPS) is 10.9. The van der Waals surface area contributed by atoms with Crippen LogP contribution in [-0.2, 0) is 19.4 Å². The highest BCUT2D eigenvalue weighted by atomic mass is 16.5. The van der Waals surface area contributed by atoms with Gasteiger partial charge in [-0.3, -0.25) is 4.79 Å². The Morgan fingerprint density at radius 1 is 0.935 bits per heavy atom. The number of nitrogens with zero attached hydrogens (tertiary/aromatic N) is 2. The Hall–Kier alpha value is -3.60. The number of benzene rings is 3. The number of hydrogen-bond acceptors (Lipinski definition) is 3. The van der Waals surface area contributed by atoms with Crippen molar-refractivity contribution in [2.75, 3.05) is 11.9 Å². The number of amides is 1. The number of rotatable bonds is 8. The molecular weight excluding hydrogens is 386 g/mol. The van der Waals surface area contributed by atoms with E-state index < -0.39 is 0 Å². The van der Waals surface area contributed by atoms with E-state index in [4.69, 9.17) is 9.72 Å². The summed E-state index contributed by atoms with van der Waals surface area (Å²) in [5.41, 5.74) is 4.84. The Bertz CT molecular complexity index is 1160. The molecule has 0 aliphatic carbocycles. The molecule has 0 atom stereocenters. The Balaban J connectivity index is 1.38. The lowest BCUT2D eigenvalue weighted by Crippen LogP contribution is -2.11. The summed E-state index contributed by atoms with van der Waals surface area (Å²) in [6, 6.07) is 23.5. The fraction of sp³-hybridized carbons (Fsp3) is 0.231. The molecule has 4 aromatic rings. The van der Waals surface area contributed by atoms with Crippen LogP contribution in [0, 0.1) is 0 Å². The molecule has 0 spiro atoms. The lowest BCUT2D eigenvalue weighted by molar-refractivity contribution is 0.102. The maximum Gasteiger partial charge on any atom is 0.255 e.